The summed E-state index contributed by atoms with van der Waals surface area (Å²) in [4.78, 5) is 15.9. The Kier molecular flexibility index (Phi) is 21.9. The average molecular weight is 931 g/mol. The summed E-state index contributed by atoms with van der Waals surface area (Å²) in [6.07, 6.45) is 13.2. The number of methoxy groups -OCH3 is 1. The Morgan fingerprint density at radius 1 is 0.754 bits per heavy atom. The summed E-state index contributed by atoms with van der Waals surface area (Å²) in [6.45, 7) is 15.5. The lowest BCUT2D eigenvalue weighted by atomic mass is 9.89. The van der Waals surface area contributed by atoms with E-state index in [1.54, 1.807) is 30.5 Å². The number of hydrogen-bond donors (Lipinski definition) is 1. The second-order valence-corrected chi connectivity index (χ2v) is 16.5. The van der Waals surface area contributed by atoms with E-state index in [1.807, 2.05) is 36.0 Å². The third kappa shape index (κ3) is 17.6. The van der Waals surface area contributed by atoms with Gasteiger partial charge in [-0.05, 0) is 64.2 Å². The summed E-state index contributed by atoms with van der Waals surface area (Å²) < 4.78 is 60.5. The smallest absolute Gasteiger partial charge is 0.257 e. The molecule has 1 saturated carbocycles. The Morgan fingerprint density at radius 3 is 1.89 bits per heavy atom. The second kappa shape index (κ2) is 28.2. The first kappa shape index (κ1) is 50.4. The van der Waals surface area contributed by atoms with Gasteiger partial charge in [0, 0.05) is 44.2 Å². The van der Waals surface area contributed by atoms with E-state index in [2.05, 4.69) is 44.1 Å². The molecule has 4 aromatic rings. The fraction of sp³-hybridized carbons (Fsp3) is 0.667. The highest BCUT2D eigenvalue weighted by atomic mass is 35.5. The fourth-order valence-electron chi connectivity index (χ4n) is 7.78. The van der Waals surface area contributed by atoms with Crippen molar-refractivity contribution in [3.05, 3.63) is 54.5 Å². The molecular formula is C45H68ClN9O10. The van der Waals surface area contributed by atoms with Crippen LogP contribution in [0, 0.1) is 0 Å². The molecular weight excluding hydrogens is 862 g/mol. The van der Waals surface area contributed by atoms with Gasteiger partial charge in [-0.25, -0.2) is 19.6 Å². The number of halogens is 1. The highest BCUT2D eigenvalue weighted by molar-refractivity contribution is 6.32. The first-order chi connectivity index (χ1) is 31.8. The van der Waals surface area contributed by atoms with E-state index in [9.17, 15) is 0 Å². The number of nitrogens with one attached hydrogen (secondary N) is 1. The molecule has 360 valence electrons. The number of rotatable bonds is 31. The lowest BCUT2D eigenvalue weighted by molar-refractivity contribution is -0.0852. The number of benzene rings is 1. The van der Waals surface area contributed by atoms with Crippen molar-refractivity contribution in [1.82, 2.24) is 39.4 Å². The highest BCUT2D eigenvalue weighted by Gasteiger charge is 2.32. The molecule has 65 heavy (non-hydrogen) atoms. The predicted octanol–water partition coefficient (Wildman–Crippen LogP) is 5.51. The van der Waals surface area contributed by atoms with E-state index in [4.69, 9.17) is 64.1 Å². The van der Waals surface area contributed by atoms with Gasteiger partial charge in [0.05, 0.1) is 122 Å². The maximum Gasteiger partial charge on any atom is 0.257 e. The zero-order valence-electron chi connectivity index (χ0n) is 38.4. The number of aromatic nitrogens is 7. The number of morpholine rings is 1. The van der Waals surface area contributed by atoms with E-state index in [0.29, 0.717) is 133 Å². The average Bonchev–Trinajstić information content (AvgIpc) is 3.97. The minimum atomic E-state index is -0.189. The summed E-state index contributed by atoms with van der Waals surface area (Å²) in [5.41, 5.74) is 2.36. The van der Waals surface area contributed by atoms with Crippen molar-refractivity contribution in [1.29, 1.82) is 0 Å². The molecule has 1 N–H and O–H groups in total. The number of nitrogens with zero attached hydrogens (tertiary/aromatic N) is 8. The molecule has 20 heteroatoms. The Morgan fingerprint density at radius 2 is 1.32 bits per heavy atom. The molecule has 19 nitrogen and oxygen atoms in total. The molecule has 0 radical (unpaired) electrons. The molecule has 1 aromatic carbocycles. The van der Waals surface area contributed by atoms with Gasteiger partial charge in [-0.15, -0.1) is 5.10 Å². The van der Waals surface area contributed by atoms with Gasteiger partial charge in [-0.3, -0.25) is 9.58 Å². The third-order valence-electron chi connectivity index (χ3n) is 10.9. The molecule has 2 fully saturated rings. The van der Waals surface area contributed by atoms with Gasteiger partial charge in [-0.1, -0.05) is 17.7 Å². The molecule has 3 aromatic heterocycles. The van der Waals surface area contributed by atoms with Gasteiger partial charge >= 0.3 is 0 Å². The lowest BCUT2D eigenvalue weighted by Crippen LogP contribution is -2.51. The SMILES string of the molecule is COCCOCCOCCOCCOCCOCCOCCOc1nn(C2CCC(N3C[C@@H](C)O[C@@H](C)C3)CC2)cc1Nc1ncc(-c2ccc(Cl)c(O[C@@H](C)Cn3cncn3)c2)cn1. The van der Waals surface area contributed by atoms with Crippen molar-refractivity contribution in [3.8, 4) is 22.8 Å². The Hall–Kier alpha value is -4.02. The first-order valence-corrected chi connectivity index (χ1v) is 23.2. The molecule has 0 bridgehead atoms. The third-order valence-corrected chi connectivity index (χ3v) is 11.2. The molecule has 0 spiro atoms. The zero-order chi connectivity index (χ0) is 45.5. The quantitative estimate of drug-likeness (QED) is 0.0623. The van der Waals surface area contributed by atoms with Crippen LogP contribution in [0.2, 0.25) is 5.02 Å². The number of anilines is 2. The Balaban J connectivity index is 0.937. The minimum Gasteiger partial charge on any atom is -0.487 e. The Labute approximate surface area is 387 Å². The van der Waals surface area contributed by atoms with Gasteiger partial charge < -0.3 is 52.7 Å². The van der Waals surface area contributed by atoms with Crippen LogP contribution in [0.3, 0.4) is 0 Å². The van der Waals surface area contributed by atoms with Crippen molar-refractivity contribution in [2.24, 2.45) is 0 Å². The van der Waals surface area contributed by atoms with Gasteiger partial charge in [0.25, 0.3) is 5.88 Å². The number of hydrogen-bond acceptors (Lipinski definition) is 17. The number of ether oxygens (including phenoxy) is 10. The predicted molar refractivity (Wildman–Crippen MR) is 243 cm³/mol. The van der Waals surface area contributed by atoms with Crippen LogP contribution in [-0.2, 0) is 44.4 Å². The topological polar surface area (TPSA) is 182 Å². The van der Waals surface area contributed by atoms with Crippen molar-refractivity contribution < 1.29 is 47.4 Å². The van der Waals surface area contributed by atoms with E-state index >= 15 is 0 Å². The molecule has 4 heterocycles. The normalized spacial score (nSPS) is 19.6. The molecule has 6 rings (SSSR count). The van der Waals surface area contributed by atoms with Crippen LogP contribution >= 0.6 is 11.6 Å². The van der Waals surface area contributed by atoms with Crippen molar-refractivity contribution in [2.75, 3.05) is 118 Å². The van der Waals surface area contributed by atoms with Crippen LogP contribution in [0.4, 0.5) is 11.6 Å². The van der Waals surface area contributed by atoms with Crippen molar-refractivity contribution in [2.45, 2.75) is 83.4 Å². The van der Waals surface area contributed by atoms with Gasteiger partial charge in [0.15, 0.2) is 0 Å². The van der Waals surface area contributed by atoms with Gasteiger partial charge in [0.2, 0.25) is 5.95 Å². The fourth-order valence-corrected chi connectivity index (χ4v) is 7.94. The summed E-state index contributed by atoms with van der Waals surface area (Å²) in [6, 6.07) is 6.41. The monoisotopic (exact) mass is 929 g/mol. The summed E-state index contributed by atoms with van der Waals surface area (Å²) in [7, 11) is 1.65. The molecule has 2 aliphatic rings. The highest BCUT2D eigenvalue weighted by Crippen LogP contribution is 2.36. The van der Waals surface area contributed by atoms with E-state index in [1.165, 1.54) is 6.33 Å². The lowest BCUT2D eigenvalue weighted by Gasteiger charge is -2.42. The summed E-state index contributed by atoms with van der Waals surface area (Å²) in [5, 5.41) is 13.0. The van der Waals surface area contributed by atoms with E-state index in [0.717, 1.165) is 49.9 Å². The van der Waals surface area contributed by atoms with Crippen LogP contribution in [0.1, 0.15) is 52.5 Å². The van der Waals surface area contributed by atoms with E-state index < -0.39 is 0 Å². The molecule has 3 atom stereocenters. The summed E-state index contributed by atoms with van der Waals surface area (Å²) >= 11 is 6.52. The molecule has 1 aliphatic carbocycles. The molecule has 1 saturated heterocycles. The summed E-state index contributed by atoms with van der Waals surface area (Å²) in [5.74, 6) is 1.44. The standard InChI is InChI=1S/C45H68ClN9O10/c1-34-28-53(29-35(2)64-34)39-6-8-40(9-7-39)55-31-42(44(52-55)63-24-23-62-22-21-61-20-19-60-18-17-59-16-15-58-14-13-57-12-11-56-4)51-45-48-26-38(27-49-45)37-5-10-41(46)43(25-37)65-36(3)30-54-33-47-32-50-54/h5,10,25-27,31-36,39-40H,6-9,11-24,28-30H2,1-4H3,(H,48,49,51)/t34-,35+,36-,39?,40?/m0/s1. The second-order valence-electron chi connectivity index (χ2n) is 16.1. The van der Waals surface area contributed by atoms with Crippen molar-refractivity contribution >= 4 is 23.2 Å². The molecule has 1 aliphatic heterocycles. The van der Waals surface area contributed by atoms with Crippen LogP contribution in [0.25, 0.3) is 11.1 Å². The maximum absolute atomic E-state index is 6.52. The Bertz CT molecular complexity index is 1880. The zero-order valence-corrected chi connectivity index (χ0v) is 39.1. The van der Waals surface area contributed by atoms with Crippen molar-refractivity contribution in [3.63, 3.8) is 0 Å². The van der Waals surface area contributed by atoms with Crippen LogP contribution in [0.15, 0.2) is 49.4 Å². The maximum atomic E-state index is 6.52. The van der Waals surface area contributed by atoms with Crippen LogP contribution in [0.5, 0.6) is 11.6 Å². The molecule has 0 unspecified atom stereocenters. The molecule has 0 amide bonds. The van der Waals surface area contributed by atoms with Gasteiger partial charge in [0.1, 0.15) is 36.8 Å². The van der Waals surface area contributed by atoms with E-state index in [-0.39, 0.29) is 24.4 Å². The first-order valence-electron chi connectivity index (χ1n) is 22.8. The largest absolute Gasteiger partial charge is 0.487 e. The van der Waals surface area contributed by atoms with Gasteiger partial charge in [-0.2, -0.15) is 5.10 Å². The van der Waals surface area contributed by atoms with Crippen LogP contribution in [-0.4, -0.2) is 176 Å². The van der Waals surface area contributed by atoms with Crippen LogP contribution < -0.4 is 14.8 Å². The minimum absolute atomic E-state index is 0.189.